The maximum Gasteiger partial charge on any atom is 0.241 e. The predicted octanol–water partition coefficient (Wildman–Crippen LogP) is 2.96. The minimum Gasteiger partial charge on any atom is -0.326 e. The van der Waals surface area contributed by atoms with E-state index in [4.69, 9.17) is 0 Å². The highest BCUT2D eigenvalue weighted by Gasteiger charge is 2.38. The van der Waals surface area contributed by atoms with Crippen LogP contribution in [0.3, 0.4) is 0 Å². The summed E-state index contributed by atoms with van der Waals surface area (Å²) in [6.07, 6.45) is 5.52. The van der Waals surface area contributed by atoms with Gasteiger partial charge in [-0.2, -0.15) is 11.8 Å². The zero-order valence-electron chi connectivity index (χ0n) is 13.1. The smallest absolute Gasteiger partial charge is 0.241 e. The summed E-state index contributed by atoms with van der Waals surface area (Å²) in [6, 6.07) is 0.0398. The van der Waals surface area contributed by atoms with Gasteiger partial charge in [-0.25, -0.2) is 0 Å². The van der Waals surface area contributed by atoms with Crippen LogP contribution in [0.2, 0.25) is 0 Å². The van der Waals surface area contributed by atoms with Gasteiger partial charge >= 0.3 is 0 Å². The summed E-state index contributed by atoms with van der Waals surface area (Å²) in [6.45, 7) is 9.69. The van der Waals surface area contributed by atoms with E-state index in [0.29, 0.717) is 17.7 Å². The molecule has 1 aliphatic heterocycles. The van der Waals surface area contributed by atoms with E-state index in [0.717, 1.165) is 31.6 Å². The molecule has 0 saturated carbocycles. The highest BCUT2D eigenvalue weighted by atomic mass is 32.2. The summed E-state index contributed by atoms with van der Waals surface area (Å²) >= 11 is 1.86. The highest BCUT2D eigenvalue weighted by Crippen LogP contribution is 2.21. The molecular weight excluding hydrogens is 256 g/mol. The summed E-state index contributed by atoms with van der Waals surface area (Å²) in [5, 5.41) is 3.54. The molecule has 1 saturated heterocycles. The second-order valence-corrected chi connectivity index (χ2v) is 7.12. The normalized spacial score (nSPS) is 25.4. The van der Waals surface area contributed by atoms with Crippen LogP contribution < -0.4 is 5.32 Å². The summed E-state index contributed by atoms with van der Waals surface area (Å²) in [5.41, 5.74) is 0. The number of nitrogens with one attached hydrogen (secondary N) is 1. The fourth-order valence-corrected chi connectivity index (χ4v) is 3.46. The molecule has 0 aliphatic carbocycles. The first kappa shape index (κ1) is 16.8. The minimum absolute atomic E-state index is 0.0398. The third-order valence-corrected chi connectivity index (χ3v) is 4.48. The molecular formula is C15H30N2OS. The summed E-state index contributed by atoms with van der Waals surface area (Å²) < 4.78 is 0. The van der Waals surface area contributed by atoms with Gasteiger partial charge in [0.1, 0.15) is 0 Å². The van der Waals surface area contributed by atoms with E-state index in [2.05, 4.69) is 44.2 Å². The van der Waals surface area contributed by atoms with Crippen molar-refractivity contribution in [2.45, 2.75) is 59.2 Å². The van der Waals surface area contributed by atoms with E-state index in [-0.39, 0.29) is 12.2 Å². The van der Waals surface area contributed by atoms with Gasteiger partial charge in [-0.05, 0) is 36.7 Å². The number of hydrogen-bond donors (Lipinski definition) is 1. The zero-order chi connectivity index (χ0) is 14.4. The van der Waals surface area contributed by atoms with E-state index >= 15 is 0 Å². The molecule has 3 nitrogen and oxygen atoms in total. The molecule has 0 radical (unpaired) electrons. The van der Waals surface area contributed by atoms with Crippen LogP contribution >= 0.6 is 11.8 Å². The molecule has 4 heteroatoms. The van der Waals surface area contributed by atoms with E-state index in [1.807, 2.05) is 11.8 Å². The van der Waals surface area contributed by atoms with Gasteiger partial charge in [-0.15, -0.1) is 0 Å². The molecule has 1 fully saturated rings. The van der Waals surface area contributed by atoms with Crippen LogP contribution in [0.25, 0.3) is 0 Å². The van der Waals surface area contributed by atoms with Crippen LogP contribution in [-0.2, 0) is 4.79 Å². The first-order valence-electron chi connectivity index (χ1n) is 7.55. The van der Waals surface area contributed by atoms with E-state index in [1.54, 1.807) is 0 Å². The lowest BCUT2D eigenvalue weighted by atomic mass is 10.0. The molecule has 3 unspecified atom stereocenters. The summed E-state index contributed by atoms with van der Waals surface area (Å²) in [4.78, 5) is 14.6. The SMILES string of the molecule is CCCC1NC(CC(C)C)C(=O)N1CC(C)CSC. The lowest BCUT2D eigenvalue weighted by molar-refractivity contribution is -0.130. The molecule has 1 N–H and O–H groups in total. The van der Waals surface area contributed by atoms with E-state index < -0.39 is 0 Å². The molecule has 0 aromatic heterocycles. The number of rotatable bonds is 8. The van der Waals surface area contributed by atoms with E-state index in [9.17, 15) is 4.79 Å². The van der Waals surface area contributed by atoms with Gasteiger partial charge in [0.05, 0.1) is 12.2 Å². The number of carbonyl (C=O) groups excluding carboxylic acids is 1. The Morgan fingerprint density at radius 3 is 2.58 bits per heavy atom. The van der Waals surface area contributed by atoms with Crippen LogP contribution in [0.5, 0.6) is 0 Å². The first-order chi connectivity index (χ1) is 8.99. The van der Waals surface area contributed by atoms with Gasteiger partial charge in [0.2, 0.25) is 5.91 Å². The van der Waals surface area contributed by atoms with Crippen molar-refractivity contribution in [3.8, 4) is 0 Å². The van der Waals surface area contributed by atoms with Crippen molar-refractivity contribution < 1.29 is 4.79 Å². The quantitative estimate of drug-likeness (QED) is 0.744. The van der Waals surface area contributed by atoms with Crippen LogP contribution in [0.4, 0.5) is 0 Å². The average Bonchev–Trinajstić information content (AvgIpc) is 2.58. The number of thioether (sulfide) groups is 1. The average molecular weight is 286 g/mol. The molecule has 3 atom stereocenters. The molecule has 1 rings (SSSR count). The van der Waals surface area contributed by atoms with Crippen molar-refractivity contribution >= 4 is 17.7 Å². The third-order valence-electron chi connectivity index (χ3n) is 3.58. The van der Waals surface area contributed by atoms with Crippen molar-refractivity contribution in [3.63, 3.8) is 0 Å². The Kier molecular flexibility index (Phi) is 7.22. The van der Waals surface area contributed by atoms with Gasteiger partial charge in [0, 0.05) is 6.54 Å². The van der Waals surface area contributed by atoms with Crippen molar-refractivity contribution in [1.29, 1.82) is 0 Å². The molecule has 0 spiro atoms. The molecule has 0 aromatic carbocycles. The Morgan fingerprint density at radius 2 is 2.05 bits per heavy atom. The Hall–Kier alpha value is -0.220. The molecule has 19 heavy (non-hydrogen) atoms. The Morgan fingerprint density at radius 1 is 1.37 bits per heavy atom. The third kappa shape index (κ3) is 4.99. The van der Waals surface area contributed by atoms with Gasteiger partial charge < -0.3 is 4.90 Å². The minimum atomic E-state index is 0.0398. The van der Waals surface area contributed by atoms with Gasteiger partial charge in [-0.1, -0.05) is 34.1 Å². The monoisotopic (exact) mass is 286 g/mol. The number of nitrogens with zero attached hydrogens (tertiary/aromatic N) is 1. The first-order valence-corrected chi connectivity index (χ1v) is 8.94. The van der Waals surface area contributed by atoms with Crippen molar-refractivity contribution in [2.75, 3.05) is 18.6 Å². The molecule has 0 aromatic rings. The Labute approximate surface area is 122 Å². The highest BCUT2D eigenvalue weighted by molar-refractivity contribution is 7.98. The van der Waals surface area contributed by atoms with Gasteiger partial charge in [0.15, 0.2) is 0 Å². The molecule has 112 valence electrons. The predicted molar refractivity (Wildman–Crippen MR) is 84.3 cm³/mol. The van der Waals surface area contributed by atoms with E-state index in [1.165, 1.54) is 0 Å². The molecule has 0 bridgehead atoms. The lowest BCUT2D eigenvalue weighted by Crippen LogP contribution is -2.40. The van der Waals surface area contributed by atoms with Gasteiger partial charge in [0.25, 0.3) is 0 Å². The maximum absolute atomic E-state index is 12.5. The van der Waals surface area contributed by atoms with Crippen LogP contribution in [0, 0.1) is 11.8 Å². The van der Waals surface area contributed by atoms with Crippen LogP contribution in [0.1, 0.15) is 47.0 Å². The fraction of sp³-hybridized carbons (Fsp3) is 0.933. The van der Waals surface area contributed by atoms with Crippen molar-refractivity contribution in [1.82, 2.24) is 10.2 Å². The standard InChI is InChI=1S/C15H30N2OS/c1-6-7-14-16-13(8-11(2)3)15(18)17(14)9-12(4)10-19-5/h11-14,16H,6-10H2,1-5H3. The Balaban J connectivity index is 2.65. The zero-order valence-corrected chi connectivity index (χ0v) is 13.9. The number of amides is 1. The van der Waals surface area contributed by atoms with Crippen molar-refractivity contribution in [3.05, 3.63) is 0 Å². The number of hydrogen-bond acceptors (Lipinski definition) is 3. The Bertz CT molecular complexity index is 283. The van der Waals surface area contributed by atoms with Crippen molar-refractivity contribution in [2.24, 2.45) is 11.8 Å². The molecule has 1 aliphatic rings. The fourth-order valence-electron chi connectivity index (χ4n) is 2.79. The van der Waals surface area contributed by atoms with Crippen LogP contribution in [0.15, 0.2) is 0 Å². The lowest BCUT2D eigenvalue weighted by Gasteiger charge is -2.26. The van der Waals surface area contributed by atoms with Crippen LogP contribution in [-0.4, -0.2) is 41.6 Å². The summed E-state index contributed by atoms with van der Waals surface area (Å²) in [5.74, 6) is 2.57. The second-order valence-electron chi connectivity index (χ2n) is 6.20. The summed E-state index contributed by atoms with van der Waals surface area (Å²) in [7, 11) is 0. The topological polar surface area (TPSA) is 32.3 Å². The molecule has 1 heterocycles. The molecule has 1 amide bonds. The largest absolute Gasteiger partial charge is 0.326 e. The number of carbonyl (C=O) groups is 1. The van der Waals surface area contributed by atoms with Gasteiger partial charge in [-0.3, -0.25) is 10.1 Å². The second kappa shape index (κ2) is 8.15. The maximum atomic E-state index is 12.5.